The van der Waals surface area contributed by atoms with E-state index in [1.165, 1.54) is 32.2 Å². The van der Waals surface area contributed by atoms with Gasteiger partial charge in [0.2, 0.25) is 0 Å². The summed E-state index contributed by atoms with van der Waals surface area (Å²) in [5.41, 5.74) is 2.19. The molecule has 4 heteroatoms. The summed E-state index contributed by atoms with van der Waals surface area (Å²) in [7, 11) is 1.46. The highest BCUT2D eigenvalue weighted by Gasteiger charge is 2.65. The lowest BCUT2D eigenvalue weighted by Gasteiger charge is -2.63. The van der Waals surface area contributed by atoms with E-state index in [1.807, 2.05) is 0 Å². The monoisotopic (exact) mass is 292 g/mol. The zero-order valence-electron chi connectivity index (χ0n) is 13.0. The van der Waals surface area contributed by atoms with Gasteiger partial charge in [-0.1, -0.05) is 6.92 Å². The number of aliphatic hydroxyl groups excluding tert-OH is 1. The zero-order chi connectivity index (χ0) is 14.8. The molecule has 0 radical (unpaired) electrons. The first kappa shape index (κ1) is 13.8. The Balaban J connectivity index is 1.89. The average Bonchev–Trinajstić information content (AvgIpc) is 2.49. The first-order valence-corrected chi connectivity index (χ1v) is 8.42. The summed E-state index contributed by atoms with van der Waals surface area (Å²) in [4.78, 5) is 13.9. The van der Waals surface area contributed by atoms with Gasteiger partial charge in [-0.25, -0.2) is 4.79 Å². The van der Waals surface area contributed by atoms with Crippen molar-refractivity contribution in [3.05, 3.63) is 11.1 Å². The van der Waals surface area contributed by atoms with Crippen LogP contribution in [-0.2, 0) is 9.53 Å². The second-order valence-electron chi connectivity index (χ2n) is 7.64. The summed E-state index contributed by atoms with van der Waals surface area (Å²) in [5, 5.41) is 10.7. The third-order valence-electron chi connectivity index (χ3n) is 6.89. The van der Waals surface area contributed by atoms with Gasteiger partial charge in [0, 0.05) is 35.8 Å². The summed E-state index contributed by atoms with van der Waals surface area (Å²) >= 11 is 0. The largest absolute Gasteiger partial charge is 0.466 e. The zero-order valence-corrected chi connectivity index (χ0v) is 13.0. The van der Waals surface area contributed by atoms with Crippen molar-refractivity contribution in [2.75, 3.05) is 20.2 Å². The van der Waals surface area contributed by atoms with Crippen molar-refractivity contribution >= 4 is 5.97 Å². The second kappa shape index (κ2) is 4.56. The molecule has 21 heavy (non-hydrogen) atoms. The Morgan fingerprint density at radius 3 is 3.00 bits per heavy atom. The third-order valence-corrected chi connectivity index (χ3v) is 6.89. The number of aliphatic hydroxyl groups is 1. The van der Waals surface area contributed by atoms with Crippen molar-refractivity contribution in [1.82, 2.24) is 0 Å². The van der Waals surface area contributed by atoms with Crippen LogP contribution in [0, 0.1) is 17.8 Å². The number of nitrogens with one attached hydrogen (secondary N) is 1. The van der Waals surface area contributed by atoms with Crippen molar-refractivity contribution in [2.24, 2.45) is 17.8 Å². The molecule has 5 rings (SSSR count). The predicted molar refractivity (Wildman–Crippen MR) is 77.7 cm³/mol. The summed E-state index contributed by atoms with van der Waals surface area (Å²) in [6, 6.07) is 0. The highest BCUT2D eigenvalue weighted by atomic mass is 16.5. The summed E-state index contributed by atoms with van der Waals surface area (Å²) < 4.78 is 5.02. The number of rotatable bonds is 1. The lowest BCUT2D eigenvalue weighted by Crippen LogP contribution is -3.25. The van der Waals surface area contributed by atoms with Gasteiger partial charge in [0.1, 0.15) is 5.54 Å². The normalized spacial score (nSPS) is 48.0. The molecule has 1 saturated carbocycles. The topological polar surface area (TPSA) is 51.0 Å². The molecule has 0 aromatic heterocycles. The molecule has 2 bridgehead atoms. The van der Waals surface area contributed by atoms with Crippen molar-refractivity contribution in [3.8, 4) is 0 Å². The van der Waals surface area contributed by atoms with Gasteiger partial charge < -0.3 is 14.7 Å². The van der Waals surface area contributed by atoms with Gasteiger partial charge in [-0.2, -0.15) is 0 Å². The molecule has 2 aliphatic carbocycles. The van der Waals surface area contributed by atoms with E-state index in [0.717, 1.165) is 24.8 Å². The number of hydrogen-bond acceptors (Lipinski definition) is 3. The number of methoxy groups -OCH3 is 1. The summed E-state index contributed by atoms with van der Waals surface area (Å²) in [6.45, 7) is 4.78. The van der Waals surface area contributed by atoms with Gasteiger partial charge in [0.05, 0.1) is 26.3 Å². The Kier molecular flexibility index (Phi) is 2.99. The van der Waals surface area contributed by atoms with E-state index in [0.29, 0.717) is 24.2 Å². The van der Waals surface area contributed by atoms with Crippen LogP contribution in [0.4, 0.5) is 0 Å². The van der Waals surface area contributed by atoms with E-state index in [2.05, 4.69) is 6.92 Å². The highest BCUT2D eigenvalue weighted by molar-refractivity contribution is 5.90. The fourth-order valence-corrected chi connectivity index (χ4v) is 6.03. The minimum absolute atomic E-state index is 0.0353. The molecule has 0 amide bonds. The molecule has 1 spiro atoms. The van der Waals surface area contributed by atoms with Gasteiger partial charge in [-0.15, -0.1) is 0 Å². The fourth-order valence-electron chi connectivity index (χ4n) is 6.03. The van der Waals surface area contributed by atoms with Crippen LogP contribution in [0.1, 0.15) is 39.0 Å². The van der Waals surface area contributed by atoms with E-state index < -0.39 is 0 Å². The van der Waals surface area contributed by atoms with Gasteiger partial charge in [0.25, 0.3) is 0 Å². The van der Waals surface area contributed by atoms with Crippen LogP contribution >= 0.6 is 0 Å². The molecule has 6 unspecified atom stereocenters. The SMILES string of the molecule is COC(=O)C1=C2CC3C[NH+]4CCCC(C(O)C1)C24CC3C. The van der Waals surface area contributed by atoms with Crippen LogP contribution in [0.3, 0.4) is 0 Å². The van der Waals surface area contributed by atoms with Crippen LogP contribution in [0.25, 0.3) is 0 Å². The first-order valence-electron chi connectivity index (χ1n) is 8.42. The van der Waals surface area contributed by atoms with E-state index >= 15 is 0 Å². The Bertz CT molecular complexity index is 514. The smallest absolute Gasteiger partial charge is 0.334 e. The molecule has 4 nitrogen and oxygen atoms in total. The van der Waals surface area contributed by atoms with E-state index in [1.54, 1.807) is 4.90 Å². The maximum atomic E-state index is 12.2. The maximum Gasteiger partial charge on any atom is 0.334 e. The molecule has 0 aromatic rings. The minimum atomic E-state index is -0.375. The van der Waals surface area contributed by atoms with E-state index in [4.69, 9.17) is 4.74 Å². The highest BCUT2D eigenvalue weighted by Crippen LogP contribution is 2.53. The van der Waals surface area contributed by atoms with Crippen molar-refractivity contribution in [1.29, 1.82) is 0 Å². The number of carbonyl (C=O) groups excluding carboxylic acids is 1. The quantitative estimate of drug-likeness (QED) is 0.684. The lowest BCUT2D eigenvalue weighted by molar-refractivity contribution is -0.973. The number of ether oxygens (including phenoxy) is 1. The van der Waals surface area contributed by atoms with Crippen molar-refractivity contribution in [2.45, 2.75) is 50.7 Å². The van der Waals surface area contributed by atoms with E-state index in [-0.39, 0.29) is 17.6 Å². The Labute approximate surface area is 126 Å². The number of hydrogen-bond donors (Lipinski definition) is 2. The fraction of sp³-hybridized carbons (Fsp3) is 0.824. The van der Waals surface area contributed by atoms with Gasteiger partial charge in [-0.3, -0.25) is 0 Å². The Morgan fingerprint density at radius 1 is 1.43 bits per heavy atom. The molecule has 0 aromatic carbocycles. The minimum Gasteiger partial charge on any atom is -0.466 e. The Morgan fingerprint density at radius 2 is 2.24 bits per heavy atom. The number of carbonyl (C=O) groups is 1. The lowest BCUT2D eigenvalue weighted by atomic mass is 9.51. The van der Waals surface area contributed by atoms with Gasteiger partial charge in [0.15, 0.2) is 0 Å². The number of esters is 1. The molecular weight excluding hydrogens is 266 g/mol. The molecule has 3 aliphatic heterocycles. The molecule has 5 aliphatic rings. The van der Waals surface area contributed by atoms with Crippen molar-refractivity contribution in [3.63, 3.8) is 0 Å². The maximum absolute atomic E-state index is 12.2. The van der Waals surface area contributed by atoms with Crippen LogP contribution in [-0.4, -0.2) is 42.9 Å². The standard InChI is InChI=1S/C17H25NO3/c1-10-8-17-13-4-3-5-18(17)9-11(10)6-14(17)12(7-15(13)19)16(20)21-2/h10-11,13,15,19H,3-9H2,1-2H3/p+1. The van der Waals surface area contributed by atoms with Crippen LogP contribution in [0.15, 0.2) is 11.1 Å². The van der Waals surface area contributed by atoms with Crippen LogP contribution in [0.5, 0.6) is 0 Å². The van der Waals surface area contributed by atoms with Gasteiger partial charge >= 0.3 is 5.97 Å². The molecule has 6 atom stereocenters. The molecule has 4 fully saturated rings. The van der Waals surface area contributed by atoms with Crippen molar-refractivity contribution < 1.29 is 19.5 Å². The van der Waals surface area contributed by atoms with Crippen LogP contribution in [0.2, 0.25) is 0 Å². The number of quaternary nitrogens is 1. The molecule has 2 N–H and O–H groups in total. The first-order chi connectivity index (χ1) is 10.1. The van der Waals surface area contributed by atoms with E-state index in [9.17, 15) is 9.90 Å². The molecule has 3 heterocycles. The Hall–Kier alpha value is -0.870. The average molecular weight is 292 g/mol. The third kappa shape index (κ3) is 1.66. The summed E-state index contributed by atoms with van der Waals surface area (Å²) in [6.07, 6.45) is 4.65. The molecule has 3 saturated heterocycles. The molecule has 116 valence electrons. The van der Waals surface area contributed by atoms with Gasteiger partial charge in [-0.05, 0) is 25.2 Å². The summed E-state index contributed by atoms with van der Waals surface area (Å²) in [5.74, 6) is 1.54. The predicted octanol–water partition coefficient (Wildman–Crippen LogP) is 0.314. The molecular formula is C17H26NO3+. The second-order valence-corrected chi connectivity index (χ2v) is 7.64. The van der Waals surface area contributed by atoms with Crippen LogP contribution < -0.4 is 4.90 Å². The number of piperidine rings is 3. The number of fused-ring (bicyclic) bond motifs is 1.